The lowest BCUT2D eigenvalue weighted by Crippen LogP contribution is -2.07. The highest BCUT2D eigenvalue weighted by atomic mass is 16.5. The molecule has 7 nitrogen and oxygen atoms in total. The van der Waals surface area contributed by atoms with Gasteiger partial charge in [-0.05, 0) is 31.7 Å². The molecule has 1 heterocycles. The zero-order valence-corrected chi connectivity index (χ0v) is 12.6. The van der Waals surface area contributed by atoms with Crippen LogP contribution in [0.3, 0.4) is 0 Å². The minimum atomic E-state index is 0.152. The molecule has 0 amide bonds. The number of hydrogen-bond acceptors (Lipinski definition) is 7. The summed E-state index contributed by atoms with van der Waals surface area (Å²) in [6.45, 7) is 2.61. The Morgan fingerprint density at radius 2 is 1.86 bits per heavy atom. The van der Waals surface area contributed by atoms with Gasteiger partial charge in [0.05, 0.1) is 14.2 Å². The summed E-state index contributed by atoms with van der Waals surface area (Å²) in [6.07, 6.45) is 0. The largest absolute Gasteiger partial charge is 0.493 e. The number of nitrogens with one attached hydrogen (secondary N) is 1. The summed E-state index contributed by atoms with van der Waals surface area (Å²) in [7, 11) is 5.05. The maximum Gasteiger partial charge on any atom is 0.264 e. The van der Waals surface area contributed by atoms with Gasteiger partial charge in [-0.15, -0.1) is 0 Å². The number of rotatable bonds is 7. The van der Waals surface area contributed by atoms with Crippen molar-refractivity contribution < 1.29 is 18.7 Å². The van der Waals surface area contributed by atoms with Crippen LogP contribution in [-0.2, 0) is 13.2 Å². The van der Waals surface area contributed by atoms with Gasteiger partial charge < -0.3 is 24.1 Å². The van der Waals surface area contributed by atoms with Crippen molar-refractivity contribution in [2.24, 2.45) is 0 Å². The molecular formula is C14H19N3O4. The lowest BCUT2D eigenvalue weighted by molar-refractivity contribution is 0.223. The van der Waals surface area contributed by atoms with Crippen LogP contribution >= 0.6 is 0 Å². The van der Waals surface area contributed by atoms with Gasteiger partial charge in [0.15, 0.2) is 23.9 Å². The average molecular weight is 293 g/mol. The van der Waals surface area contributed by atoms with E-state index < -0.39 is 0 Å². The monoisotopic (exact) mass is 293 g/mol. The SMILES string of the molecule is CNCc1cc(OC)c(OCc2nc(C)no2)c(OC)c1. The van der Waals surface area contributed by atoms with Crippen LogP contribution in [0.5, 0.6) is 17.2 Å². The second-order valence-corrected chi connectivity index (χ2v) is 4.38. The van der Waals surface area contributed by atoms with Gasteiger partial charge in [0.2, 0.25) is 5.75 Å². The molecule has 0 atom stereocenters. The number of benzene rings is 1. The van der Waals surface area contributed by atoms with Crippen molar-refractivity contribution in [1.29, 1.82) is 0 Å². The van der Waals surface area contributed by atoms with E-state index in [0.717, 1.165) is 5.56 Å². The summed E-state index contributed by atoms with van der Waals surface area (Å²) < 4.78 is 21.5. The Morgan fingerprint density at radius 1 is 1.19 bits per heavy atom. The highest BCUT2D eigenvalue weighted by Crippen LogP contribution is 2.39. The molecule has 2 rings (SSSR count). The van der Waals surface area contributed by atoms with E-state index >= 15 is 0 Å². The second-order valence-electron chi connectivity index (χ2n) is 4.38. The topological polar surface area (TPSA) is 78.6 Å². The van der Waals surface area contributed by atoms with Crippen molar-refractivity contribution in [2.75, 3.05) is 21.3 Å². The minimum Gasteiger partial charge on any atom is -0.493 e. The van der Waals surface area contributed by atoms with Crippen molar-refractivity contribution in [2.45, 2.75) is 20.1 Å². The van der Waals surface area contributed by atoms with Crippen LogP contribution in [-0.4, -0.2) is 31.4 Å². The van der Waals surface area contributed by atoms with E-state index in [1.807, 2.05) is 19.2 Å². The quantitative estimate of drug-likeness (QED) is 0.832. The van der Waals surface area contributed by atoms with Gasteiger partial charge in [-0.3, -0.25) is 0 Å². The first-order valence-electron chi connectivity index (χ1n) is 6.49. The smallest absolute Gasteiger partial charge is 0.264 e. The molecule has 0 aliphatic rings. The number of ether oxygens (including phenoxy) is 3. The van der Waals surface area contributed by atoms with E-state index in [9.17, 15) is 0 Å². The summed E-state index contributed by atoms with van der Waals surface area (Å²) in [5.74, 6) is 2.66. The number of methoxy groups -OCH3 is 2. The zero-order chi connectivity index (χ0) is 15.2. The van der Waals surface area contributed by atoms with E-state index in [-0.39, 0.29) is 6.61 Å². The first kappa shape index (κ1) is 15.1. The van der Waals surface area contributed by atoms with Crippen molar-refractivity contribution in [3.63, 3.8) is 0 Å². The average Bonchev–Trinajstić information content (AvgIpc) is 2.90. The van der Waals surface area contributed by atoms with Crippen LogP contribution in [0.25, 0.3) is 0 Å². The number of aryl methyl sites for hydroxylation is 1. The summed E-state index contributed by atoms with van der Waals surface area (Å²) >= 11 is 0. The Kier molecular flexibility index (Phi) is 4.99. The van der Waals surface area contributed by atoms with Crippen molar-refractivity contribution in [3.05, 3.63) is 29.4 Å². The first-order valence-corrected chi connectivity index (χ1v) is 6.49. The summed E-state index contributed by atoms with van der Waals surface area (Å²) in [6, 6.07) is 3.79. The van der Waals surface area contributed by atoms with Crippen LogP contribution in [0.1, 0.15) is 17.3 Å². The maximum absolute atomic E-state index is 5.72. The second kappa shape index (κ2) is 6.94. The molecule has 0 fully saturated rings. The van der Waals surface area contributed by atoms with Crippen LogP contribution in [0.2, 0.25) is 0 Å². The molecule has 0 bridgehead atoms. The van der Waals surface area contributed by atoms with Crippen LogP contribution < -0.4 is 19.5 Å². The molecule has 0 saturated carbocycles. The Bertz CT molecular complexity index is 573. The molecule has 21 heavy (non-hydrogen) atoms. The molecule has 7 heteroatoms. The summed E-state index contributed by atoms with van der Waals surface area (Å²) in [5, 5.41) is 6.80. The fraction of sp³-hybridized carbons (Fsp3) is 0.429. The van der Waals surface area contributed by atoms with E-state index in [2.05, 4.69) is 15.5 Å². The van der Waals surface area contributed by atoms with Gasteiger partial charge in [-0.2, -0.15) is 4.98 Å². The van der Waals surface area contributed by atoms with Gasteiger partial charge in [0.1, 0.15) is 0 Å². The molecule has 0 aliphatic heterocycles. The molecule has 1 aromatic carbocycles. The van der Waals surface area contributed by atoms with E-state index in [0.29, 0.717) is 35.5 Å². The zero-order valence-electron chi connectivity index (χ0n) is 12.6. The summed E-state index contributed by atoms with van der Waals surface area (Å²) in [4.78, 5) is 4.09. The van der Waals surface area contributed by atoms with E-state index in [4.69, 9.17) is 18.7 Å². The molecule has 0 spiro atoms. The van der Waals surface area contributed by atoms with Gasteiger partial charge in [-0.25, -0.2) is 0 Å². The lowest BCUT2D eigenvalue weighted by atomic mass is 10.2. The van der Waals surface area contributed by atoms with Gasteiger partial charge in [0, 0.05) is 6.54 Å². The minimum absolute atomic E-state index is 0.152. The molecule has 0 saturated heterocycles. The van der Waals surface area contributed by atoms with Gasteiger partial charge >= 0.3 is 0 Å². The Balaban J connectivity index is 2.23. The lowest BCUT2D eigenvalue weighted by Gasteiger charge is -2.15. The molecular weight excluding hydrogens is 274 g/mol. The molecule has 0 radical (unpaired) electrons. The Hall–Kier alpha value is -2.28. The van der Waals surface area contributed by atoms with Crippen molar-refractivity contribution >= 4 is 0 Å². The number of aromatic nitrogens is 2. The molecule has 114 valence electrons. The van der Waals surface area contributed by atoms with Gasteiger partial charge in [-0.1, -0.05) is 5.16 Å². The molecule has 0 unspecified atom stereocenters. The number of nitrogens with zero attached hydrogens (tertiary/aromatic N) is 2. The van der Waals surface area contributed by atoms with Crippen molar-refractivity contribution in [1.82, 2.24) is 15.5 Å². The fourth-order valence-electron chi connectivity index (χ4n) is 1.92. The fourth-order valence-corrected chi connectivity index (χ4v) is 1.92. The normalized spacial score (nSPS) is 10.5. The number of hydrogen-bond donors (Lipinski definition) is 1. The standard InChI is InChI=1S/C14H19N3O4/c1-9-16-13(21-17-9)8-20-14-11(18-3)5-10(7-15-2)6-12(14)19-4/h5-6,15H,7-8H2,1-4H3. The summed E-state index contributed by atoms with van der Waals surface area (Å²) in [5.41, 5.74) is 1.03. The predicted molar refractivity (Wildman–Crippen MR) is 75.7 cm³/mol. The predicted octanol–water partition coefficient (Wildman–Crippen LogP) is 1.69. The third kappa shape index (κ3) is 3.63. The Morgan fingerprint density at radius 3 is 2.33 bits per heavy atom. The van der Waals surface area contributed by atoms with Crippen LogP contribution in [0.15, 0.2) is 16.7 Å². The maximum atomic E-state index is 5.72. The van der Waals surface area contributed by atoms with Gasteiger partial charge in [0.25, 0.3) is 5.89 Å². The highest BCUT2D eigenvalue weighted by Gasteiger charge is 2.15. The Labute approximate surface area is 123 Å². The van der Waals surface area contributed by atoms with Crippen LogP contribution in [0.4, 0.5) is 0 Å². The molecule has 2 aromatic rings. The highest BCUT2D eigenvalue weighted by molar-refractivity contribution is 5.53. The first-order chi connectivity index (χ1) is 10.2. The molecule has 1 N–H and O–H groups in total. The van der Waals surface area contributed by atoms with E-state index in [1.165, 1.54) is 0 Å². The van der Waals surface area contributed by atoms with E-state index in [1.54, 1.807) is 21.1 Å². The van der Waals surface area contributed by atoms with Crippen molar-refractivity contribution in [3.8, 4) is 17.2 Å². The molecule has 0 aliphatic carbocycles. The third-order valence-electron chi connectivity index (χ3n) is 2.81. The van der Waals surface area contributed by atoms with Crippen LogP contribution in [0, 0.1) is 6.92 Å². The third-order valence-corrected chi connectivity index (χ3v) is 2.81. The molecule has 1 aromatic heterocycles.